The predicted octanol–water partition coefficient (Wildman–Crippen LogP) is 10.4. The number of ether oxygens (including phenoxy) is 3. The van der Waals surface area contributed by atoms with Gasteiger partial charge in [0, 0.05) is 223 Å². The summed E-state index contributed by atoms with van der Waals surface area (Å²) in [5, 5.41) is 29.5. The van der Waals surface area contributed by atoms with Crippen LogP contribution in [0, 0.1) is 0 Å². The lowest BCUT2D eigenvalue weighted by Gasteiger charge is -2.30. The van der Waals surface area contributed by atoms with Gasteiger partial charge in [0.15, 0.2) is 23.3 Å². The normalized spacial score (nSPS) is 14.5. The molecule has 5 fully saturated rings. The molecule has 0 bridgehead atoms. The maximum Gasteiger partial charge on any atom is 0.356 e. The molecule has 652 valence electrons. The number of esters is 1. The lowest BCUT2D eigenvalue weighted by Crippen LogP contribution is -2.43. The highest BCUT2D eigenvalue weighted by Crippen LogP contribution is 2.37. The second kappa shape index (κ2) is 42.5. The third-order valence-corrected chi connectivity index (χ3v) is 23.2. The number of carbonyl (C=O) groups is 5. The summed E-state index contributed by atoms with van der Waals surface area (Å²) in [6.45, 7) is 21.4. The molecule has 0 atom stereocenters. The average Bonchev–Trinajstić information content (AvgIpc) is 1.52. The number of hydrogen-bond donors (Lipinski definition) is 8. The second-order valence-electron chi connectivity index (χ2n) is 29.9. The number of hydrogen-bond acceptors (Lipinski definition) is 33. The number of rotatable bonds is 20. The highest BCUT2D eigenvalue weighted by atomic mass is 32.1. The summed E-state index contributed by atoms with van der Waals surface area (Å²) in [4.78, 5) is 136. The van der Waals surface area contributed by atoms with Gasteiger partial charge in [-0.3, -0.25) is 39.1 Å². The lowest BCUT2D eigenvalue weighted by molar-refractivity contribution is 0.0593. The van der Waals surface area contributed by atoms with Crippen LogP contribution in [0.5, 0.6) is 5.88 Å². The number of amides is 4. The van der Waals surface area contributed by atoms with Crippen molar-refractivity contribution in [1.29, 1.82) is 0 Å². The minimum absolute atomic E-state index is 0.0418. The zero-order valence-corrected chi connectivity index (χ0v) is 72.1. The van der Waals surface area contributed by atoms with Crippen LogP contribution in [-0.2, 0) is 9.47 Å². The average molecular weight is 1760 g/mol. The quantitative estimate of drug-likeness (QED) is 0.0329. The van der Waals surface area contributed by atoms with E-state index >= 15 is 0 Å². The van der Waals surface area contributed by atoms with Gasteiger partial charge in [0.1, 0.15) is 28.5 Å². The van der Waals surface area contributed by atoms with Crippen LogP contribution < -0.4 is 71.8 Å². The molecule has 5 aliphatic heterocycles. The van der Waals surface area contributed by atoms with Gasteiger partial charge in [0.2, 0.25) is 5.88 Å². The van der Waals surface area contributed by atoms with Crippen molar-refractivity contribution < 1.29 is 38.2 Å². The Morgan fingerprint density at radius 2 is 0.836 bits per heavy atom. The first-order valence-electron chi connectivity index (χ1n) is 42.0. The molecule has 19 rings (SSSR count). The molecule has 8 N–H and O–H groups in total. The van der Waals surface area contributed by atoms with E-state index in [-0.39, 0.29) is 46.8 Å². The number of benzene rings is 2. The Kier molecular flexibility index (Phi) is 28.9. The molecule has 128 heavy (non-hydrogen) atoms. The summed E-state index contributed by atoms with van der Waals surface area (Å²) >= 11 is 3.30. The fourth-order valence-corrected chi connectivity index (χ4v) is 16.6. The Morgan fingerprint density at radius 1 is 0.406 bits per heavy atom. The van der Waals surface area contributed by atoms with E-state index in [1.54, 1.807) is 127 Å². The minimum Gasteiger partial charge on any atom is -0.475 e. The summed E-state index contributed by atoms with van der Waals surface area (Å²) in [5.41, 5.74) is 11.1. The molecule has 0 spiro atoms. The molecule has 0 radical (unpaired) electrons. The fourth-order valence-electron chi connectivity index (χ4n) is 14.8. The second-order valence-corrected chi connectivity index (χ2v) is 32.0. The Labute approximate surface area is 745 Å². The van der Waals surface area contributed by atoms with E-state index in [1.165, 1.54) is 42.0 Å². The number of thiophene rings is 2. The molecule has 5 aliphatic rings. The van der Waals surface area contributed by atoms with Crippen molar-refractivity contribution in [2.75, 3.05) is 184 Å². The van der Waals surface area contributed by atoms with E-state index < -0.39 is 5.97 Å². The van der Waals surface area contributed by atoms with Crippen molar-refractivity contribution in [3.63, 3.8) is 0 Å². The predicted molar refractivity (Wildman–Crippen MR) is 495 cm³/mol. The first-order chi connectivity index (χ1) is 62.8. The number of pyridine rings is 6. The van der Waals surface area contributed by atoms with Gasteiger partial charge in [-0.1, -0.05) is 12.1 Å². The van der Waals surface area contributed by atoms with Gasteiger partial charge in [-0.15, -0.1) is 22.7 Å². The van der Waals surface area contributed by atoms with E-state index in [1.807, 2.05) is 61.7 Å². The van der Waals surface area contributed by atoms with Gasteiger partial charge in [-0.2, -0.15) is 0 Å². The minimum atomic E-state index is -0.530. The monoisotopic (exact) mass is 1760 g/mol. The third kappa shape index (κ3) is 22.1. The maximum atomic E-state index is 13.2. The van der Waals surface area contributed by atoms with Crippen molar-refractivity contribution in [2.45, 2.75) is 20.0 Å². The summed E-state index contributed by atoms with van der Waals surface area (Å²) in [6.07, 6.45) is 23.1. The molecule has 0 aliphatic carbocycles. The highest BCUT2D eigenvalue weighted by molar-refractivity contribution is 7.22. The molecule has 35 nitrogen and oxygen atoms in total. The van der Waals surface area contributed by atoms with E-state index in [4.69, 9.17) is 9.47 Å². The van der Waals surface area contributed by atoms with E-state index in [0.29, 0.717) is 74.4 Å². The Bertz CT molecular complexity index is 6180. The maximum absolute atomic E-state index is 13.2. The van der Waals surface area contributed by atoms with Crippen molar-refractivity contribution in [3.05, 3.63) is 242 Å². The van der Waals surface area contributed by atoms with Crippen molar-refractivity contribution in [2.24, 2.45) is 0 Å². The topological polar surface area (TPSA) is 406 Å². The smallest absolute Gasteiger partial charge is 0.356 e. The number of nitrogens with zero attached hydrogens (tertiary/aromatic N) is 19. The molecular weight excluding hydrogens is 1660 g/mol. The number of aromatic nitrogens is 14. The molecule has 17 heterocycles. The van der Waals surface area contributed by atoms with Gasteiger partial charge < -0.3 is 81.2 Å². The summed E-state index contributed by atoms with van der Waals surface area (Å²) in [7, 11) is 1.29. The number of nitrogens with one attached hydrogen (secondary N) is 8. The van der Waals surface area contributed by atoms with Gasteiger partial charge >= 0.3 is 5.97 Å². The van der Waals surface area contributed by atoms with Gasteiger partial charge in [-0.25, -0.2) is 54.6 Å². The van der Waals surface area contributed by atoms with E-state index in [9.17, 15) is 24.0 Å². The van der Waals surface area contributed by atoms with Crippen LogP contribution in [0.1, 0.15) is 66.3 Å². The van der Waals surface area contributed by atoms with Crippen LogP contribution in [0.4, 0.5) is 51.2 Å². The Balaban J connectivity index is 0.000000126. The first-order valence-corrected chi connectivity index (χ1v) is 43.7. The zero-order chi connectivity index (χ0) is 87.9. The van der Waals surface area contributed by atoms with E-state index in [0.717, 1.165) is 180 Å². The summed E-state index contributed by atoms with van der Waals surface area (Å²) in [6, 6.07) is 37.5. The largest absolute Gasteiger partial charge is 0.475 e. The summed E-state index contributed by atoms with van der Waals surface area (Å²) in [5.74, 6) is 0.592. The number of fused-ring (bicyclic) bond motifs is 2. The highest BCUT2D eigenvalue weighted by Gasteiger charge is 2.25. The van der Waals surface area contributed by atoms with Crippen LogP contribution in [0.3, 0.4) is 0 Å². The van der Waals surface area contributed by atoms with Crippen LogP contribution in [0.2, 0.25) is 0 Å². The molecule has 37 heteroatoms. The van der Waals surface area contributed by atoms with Crippen molar-refractivity contribution in [3.8, 4) is 50.7 Å². The Morgan fingerprint density at radius 3 is 1.27 bits per heavy atom. The number of morpholine rings is 1. The van der Waals surface area contributed by atoms with Crippen molar-refractivity contribution >= 4 is 124 Å². The van der Waals surface area contributed by atoms with Crippen LogP contribution in [-0.4, -0.2) is 244 Å². The molecule has 0 saturated carbocycles. The molecule has 0 unspecified atom stereocenters. The van der Waals surface area contributed by atoms with Gasteiger partial charge in [-0.05, 0) is 128 Å². The van der Waals surface area contributed by atoms with Crippen LogP contribution in [0.25, 0.3) is 65.0 Å². The Hall–Kier alpha value is -14.5. The molecule has 2 aromatic carbocycles. The molecular formula is C91H93N27O8S2. The van der Waals surface area contributed by atoms with E-state index in [2.05, 4.69) is 178 Å². The van der Waals surface area contributed by atoms with Crippen molar-refractivity contribution in [1.82, 2.24) is 91.0 Å². The standard InChI is InChI=1S/C26H27N7O2S.C22H25N7O2.C22H20N6OS.C21H21N7O3/c34-26(31-21-17-28-5-4-22(21)33-9-7-27-8-10-33)20-3-6-29-25(30-20)24-16-18-15-19(1-2-23(18)36-24)32-11-13-35-14-12-32;1-15(2)31-20-4-3-16(13-26-20)21-25-8-5-17(27-21)22(30)28-18-14-24-7-6-19(18)29-11-9-23-10-12-29;29-22(27-18-14-24-7-5-19(18)28-11-9-23-10-12-28)17-4-8-25-21(26-17)16-2-1-3-20-15(16)6-13-30-20;1-31-21(30)16-3-2-14(12-25-16)19-24-7-4-15(26-19)20(29)27-17-13-23-6-5-18(17)28-10-8-22-9-11-28/h1-6,15-17,27H,7-14H2,(H,31,34);3-8,13-15,23H,9-12H2,1-2H3,(H,28,30);1-8,13-14,23H,9-12H2,(H,27,29);2-7,12-13,22H,8-11H2,1H3,(H,27,29). The number of carbonyl (C=O) groups excluding carboxylic acids is 5. The van der Waals surface area contributed by atoms with Crippen LogP contribution in [0.15, 0.2) is 213 Å². The van der Waals surface area contributed by atoms with Crippen LogP contribution >= 0.6 is 22.7 Å². The number of methoxy groups -OCH3 is 1. The first kappa shape index (κ1) is 87.0. The number of piperazine rings is 4. The van der Waals surface area contributed by atoms with Gasteiger partial charge in [0.25, 0.3) is 23.6 Å². The molecule has 12 aromatic heterocycles. The van der Waals surface area contributed by atoms with Gasteiger partial charge in [0.05, 0.1) is 102 Å². The fraction of sp³-hybridized carbons (Fsp3) is 0.264. The third-order valence-electron chi connectivity index (χ3n) is 21.2. The number of anilines is 9. The summed E-state index contributed by atoms with van der Waals surface area (Å²) < 4.78 is 18.0. The SMILES string of the molecule is CC(C)Oc1ccc(-c2nccc(C(=O)Nc3cnccc3N3CCNCC3)n2)cn1.COC(=O)c1ccc(-c2nccc(C(=O)Nc3cnccc3N3CCNCC3)n2)cn1.O=C(Nc1cnccc1N1CCNCC1)c1ccnc(-c2cc3cc(N4CCOCC4)ccc3s2)n1.O=C(Nc1cnccc1N1CCNCC1)c1ccnc(-c2cccc3sccc23)n1. The molecule has 5 saturated heterocycles. The molecule has 14 aromatic rings. The lowest BCUT2D eigenvalue weighted by atomic mass is 10.1. The zero-order valence-electron chi connectivity index (χ0n) is 70.5. The molecule has 4 amide bonds.